The third-order valence-electron chi connectivity index (χ3n) is 2.27. The third-order valence-corrected chi connectivity index (χ3v) is 2.27. The molecule has 0 saturated heterocycles. The SMILES string of the molecule is C=CCc1c([N+](=O)[O-])ccc2c1C(=O)N=N2. The van der Waals surface area contributed by atoms with E-state index in [9.17, 15) is 14.9 Å². The van der Waals surface area contributed by atoms with Crippen molar-refractivity contribution in [1.82, 2.24) is 0 Å². The molecule has 0 saturated carbocycles. The number of benzene rings is 1. The van der Waals surface area contributed by atoms with E-state index in [-0.39, 0.29) is 17.7 Å². The summed E-state index contributed by atoms with van der Waals surface area (Å²) < 4.78 is 0. The van der Waals surface area contributed by atoms with Crippen molar-refractivity contribution in [2.75, 3.05) is 0 Å². The lowest BCUT2D eigenvalue weighted by Crippen LogP contribution is -2.02. The average molecular weight is 217 g/mol. The van der Waals surface area contributed by atoms with E-state index in [0.717, 1.165) is 0 Å². The van der Waals surface area contributed by atoms with Crippen molar-refractivity contribution in [3.8, 4) is 0 Å². The van der Waals surface area contributed by atoms with Crippen LogP contribution in [0.3, 0.4) is 0 Å². The Labute approximate surface area is 90.5 Å². The number of nitro benzene ring substituents is 1. The first-order valence-electron chi connectivity index (χ1n) is 4.52. The molecule has 0 unspecified atom stereocenters. The summed E-state index contributed by atoms with van der Waals surface area (Å²) in [5.41, 5.74) is 0.827. The molecular formula is C10H7N3O3. The van der Waals surface area contributed by atoms with E-state index in [2.05, 4.69) is 16.8 Å². The molecule has 6 nitrogen and oxygen atoms in total. The van der Waals surface area contributed by atoms with Gasteiger partial charge in [0, 0.05) is 11.6 Å². The maximum Gasteiger partial charge on any atom is 0.298 e. The Morgan fingerprint density at radius 1 is 1.44 bits per heavy atom. The van der Waals surface area contributed by atoms with Gasteiger partial charge in [-0.05, 0) is 12.5 Å². The minimum absolute atomic E-state index is 0.0979. The molecule has 2 rings (SSSR count). The number of amides is 1. The van der Waals surface area contributed by atoms with Gasteiger partial charge >= 0.3 is 0 Å². The lowest BCUT2D eigenvalue weighted by molar-refractivity contribution is -0.385. The van der Waals surface area contributed by atoms with Crippen molar-refractivity contribution in [3.63, 3.8) is 0 Å². The zero-order chi connectivity index (χ0) is 11.7. The maximum atomic E-state index is 11.4. The number of hydrogen-bond acceptors (Lipinski definition) is 4. The van der Waals surface area contributed by atoms with Gasteiger partial charge in [0.05, 0.1) is 16.2 Å². The Morgan fingerprint density at radius 3 is 2.81 bits per heavy atom. The van der Waals surface area contributed by atoms with Gasteiger partial charge in [-0.3, -0.25) is 14.9 Å². The summed E-state index contributed by atoms with van der Waals surface area (Å²) >= 11 is 0. The normalized spacial score (nSPS) is 12.6. The van der Waals surface area contributed by atoms with E-state index in [0.29, 0.717) is 11.3 Å². The summed E-state index contributed by atoms with van der Waals surface area (Å²) in [5, 5.41) is 17.8. The van der Waals surface area contributed by atoms with E-state index >= 15 is 0 Å². The van der Waals surface area contributed by atoms with E-state index in [1.165, 1.54) is 18.2 Å². The monoisotopic (exact) mass is 217 g/mol. The zero-order valence-electron chi connectivity index (χ0n) is 8.21. The van der Waals surface area contributed by atoms with Gasteiger partial charge in [0.1, 0.15) is 0 Å². The number of hydrogen-bond donors (Lipinski definition) is 0. The molecule has 1 amide bonds. The molecule has 6 heteroatoms. The van der Waals surface area contributed by atoms with Crippen LogP contribution < -0.4 is 0 Å². The molecule has 0 atom stereocenters. The van der Waals surface area contributed by atoms with Crippen LogP contribution in [-0.2, 0) is 6.42 Å². The quantitative estimate of drug-likeness (QED) is 0.443. The fraction of sp³-hybridized carbons (Fsp3) is 0.100. The smallest absolute Gasteiger partial charge is 0.265 e. The van der Waals surface area contributed by atoms with Crippen LogP contribution in [0, 0.1) is 10.1 Å². The first-order valence-corrected chi connectivity index (χ1v) is 4.52. The second-order valence-corrected chi connectivity index (χ2v) is 3.21. The fourth-order valence-corrected chi connectivity index (χ4v) is 1.62. The predicted octanol–water partition coefficient (Wildman–Crippen LogP) is 2.56. The van der Waals surface area contributed by atoms with Crippen LogP contribution in [0.15, 0.2) is 35.0 Å². The van der Waals surface area contributed by atoms with Crippen LogP contribution in [-0.4, -0.2) is 10.8 Å². The van der Waals surface area contributed by atoms with Gasteiger partial charge in [0.2, 0.25) is 0 Å². The van der Waals surface area contributed by atoms with Crippen LogP contribution in [0.25, 0.3) is 0 Å². The number of rotatable bonds is 3. The number of nitrogens with zero attached hydrogens (tertiary/aromatic N) is 3. The largest absolute Gasteiger partial charge is 0.298 e. The molecule has 0 radical (unpaired) electrons. The number of fused-ring (bicyclic) bond motifs is 1. The highest BCUT2D eigenvalue weighted by molar-refractivity contribution is 6.04. The van der Waals surface area contributed by atoms with Crippen molar-refractivity contribution in [1.29, 1.82) is 0 Å². The van der Waals surface area contributed by atoms with E-state index in [1.807, 2.05) is 0 Å². The van der Waals surface area contributed by atoms with Gasteiger partial charge in [-0.15, -0.1) is 16.8 Å². The van der Waals surface area contributed by atoms with Crippen molar-refractivity contribution >= 4 is 17.3 Å². The highest BCUT2D eigenvalue weighted by atomic mass is 16.6. The topological polar surface area (TPSA) is 84.9 Å². The highest BCUT2D eigenvalue weighted by Crippen LogP contribution is 2.35. The molecular weight excluding hydrogens is 210 g/mol. The number of azo groups is 1. The predicted molar refractivity (Wildman–Crippen MR) is 55.8 cm³/mol. The Balaban J connectivity index is 2.69. The molecule has 1 aromatic carbocycles. The van der Waals surface area contributed by atoms with Crippen molar-refractivity contribution < 1.29 is 9.72 Å². The number of carbonyl (C=O) groups is 1. The molecule has 1 aromatic rings. The van der Waals surface area contributed by atoms with E-state index in [4.69, 9.17) is 0 Å². The minimum atomic E-state index is -0.532. The van der Waals surface area contributed by atoms with Crippen LogP contribution >= 0.6 is 0 Å². The highest BCUT2D eigenvalue weighted by Gasteiger charge is 2.27. The van der Waals surface area contributed by atoms with Gasteiger partial charge in [-0.25, -0.2) is 0 Å². The molecule has 1 heterocycles. The molecule has 1 aliphatic heterocycles. The van der Waals surface area contributed by atoms with E-state index < -0.39 is 10.8 Å². The molecule has 0 aliphatic carbocycles. The summed E-state index contributed by atoms with van der Waals surface area (Å²) in [5.74, 6) is -0.532. The van der Waals surface area contributed by atoms with Crippen molar-refractivity contribution in [2.45, 2.75) is 6.42 Å². The summed E-state index contributed by atoms with van der Waals surface area (Å²) in [6, 6.07) is 2.75. The van der Waals surface area contributed by atoms with Gasteiger partial charge in [-0.2, -0.15) is 0 Å². The molecule has 0 spiro atoms. The second-order valence-electron chi connectivity index (χ2n) is 3.21. The van der Waals surface area contributed by atoms with Crippen molar-refractivity contribution in [3.05, 3.63) is 46.0 Å². The third kappa shape index (κ3) is 1.40. The van der Waals surface area contributed by atoms with Crippen molar-refractivity contribution in [2.24, 2.45) is 10.2 Å². The first-order chi connectivity index (χ1) is 7.65. The lowest BCUT2D eigenvalue weighted by atomic mass is 10.0. The number of allylic oxidation sites excluding steroid dienone is 1. The molecule has 0 aromatic heterocycles. The first kappa shape index (κ1) is 10.2. The Hall–Kier alpha value is -2.37. The van der Waals surface area contributed by atoms with Crippen LogP contribution in [0.5, 0.6) is 0 Å². The average Bonchev–Trinajstić information content (AvgIpc) is 2.61. The zero-order valence-corrected chi connectivity index (χ0v) is 8.21. The molecule has 80 valence electrons. The Kier molecular flexibility index (Phi) is 2.32. The van der Waals surface area contributed by atoms with Gasteiger partial charge in [0.25, 0.3) is 11.6 Å². The van der Waals surface area contributed by atoms with Gasteiger partial charge in [0.15, 0.2) is 0 Å². The molecule has 0 bridgehead atoms. The van der Waals surface area contributed by atoms with E-state index in [1.54, 1.807) is 0 Å². The number of carbonyl (C=O) groups excluding carboxylic acids is 1. The number of nitro groups is 1. The summed E-state index contributed by atoms with van der Waals surface area (Å²) in [4.78, 5) is 21.7. The van der Waals surface area contributed by atoms with Crippen LogP contribution in [0.2, 0.25) is 0 Å². The van der Waals surface area contributed by atoms with Crippen LogP contribution in [0.4, 0.5) is 11.4 Å². The van der Waals surface area contributed by atoms with Gasteiger partial charge in [-0.1, -0.05) is 6.08 Å². The Bertz CT molecular complexity index is 534. The Morgan fingerprint density at radius 2 is 2.19 bits per heavy atom. The minimum Gasteiger partial charge on any atom is -0.265 e. The molecule has 0 N–H and O–H groups in total. The summed E-state index contributed by atoms with van der Waals surface area (Å²) in [6.07, 6.45) is 1.75. The fourth-order valence-electron chi connectivity index (χ4n) is 1.62. The summed E-state index contributed by atoms with van der Waals surface area (Å²) in [7, 11) is 0. The second kappa shape index (κ2) is 3.65. The molecule has 16 heavy (non-hydrogen) atoms. The summed E-state index contributed by atoms with van der Waals surface area (Å²) in [6.45, 7) is 3.51. The van der Waals surface area contributed by atoms with Gasteiger partial charge < -0.3 is 0 Å². The lowest BCUT2D eigenvalue weighted by Gasteiger charge is -2.03. The molecule has 0 fully saturated rings. The van der Waals surface area contributed by atoms with Crippen LogP contribution in [0.1, 0.15) is 15.9 Å². The molecule has 1 aliphatic rings. The standard InChI is InChI=1S/C10H7N3O3/c1-2-3-6-8(13(15)16)5-4-7-9(6)10(14)12-11-7/h2,4-5H,1,3H2. The maximum absolute atomic E-state index is 11.4.